The fourth-order valence-electron chi connectivity index (χ4n) is 1.82. The van der Waals surface area contributed by atoms with Gasteiger partial charge in [0, 0.05) is 12.1 Å². The molecule has 1 heterocycles. The SMILES string of the molecule is CCn1ncnc1C(=O)c1ccc(OC)c(C)c1. The van der Waals surface area contributed by atoms with Crippen molar-refractivity contribution >= 4 is 5.78 Å². The van der Waals surface area contributed by atoms with Crippen molar-refractivity contribution in [3.63, 3.8) is 0 Å². The summed E-state index contributed by atoms with van der Waals surface area (Å²) in [6.45, 7) is 4.45. The standard InChI is InChI=1S/C13H15N3O2/c1-4-16-13(14-8-15-16)12(17)10-5-6-11(18-3)9(2)7-10/h5-8H,4H2,1-3H3. The van der Waals surface area contributed by atoms with Gasteiger partial charge in [0.2, 0.25) is 5.78 Å². The van der Waals surface area contributed by atoms with Gasteiger partial charge < -0.3 is 4.74 Å². The summed E-state index contributed by atoms with van der Waals surface area (Å²) in [7, 11) is 1.61. The lowest BCUT2D eigenvalue weighted by Gasteiger charge is -2.07. The van der Waals surface area contributed by atoms with Crippen LogP contribution in [0.4, 0.5) is 0 Å². The maximum atomic E-state index is 12.3. The molecule has 1 aromatic heterocycles. The van der Waals surface area contributed by atoms with Crippen molar-refractivity contribution in [3.8, 4) is 5.75 Å². The molecule has 0 unspecified atom stereocenters. The van der Waals surface area contributed by atoms with E-state index in [2.05, 4.69) is 10.1 Å². The Morgan fingerprint density at radius 2 is 2.22 bits per heavy atom. The first-order valence-corrected chi connectivity index (χ1v) is 5.74. The van der Waals surface area contributed by atoms with E-state index in [-0.39, 0.29) is 5.78 Å². The lowest BCUT2D eigenvalue weighted by atomic mass is 10.1. The Bertz CT molecular complexity index is 575. The van der Waals surface area contributed by atoms with Gasteiger partial charge in [-0.05, 0) is 37.6 Å². The van der Waals surface area contributed by atoms with E-state index in [0.29, 0.717) is 17.9 Å². The summed E-state index contributed by atoms with van der Waals surface area (Å²) < 4.78 is 6.76. The number of hydrogen-bond donors (Lipinski definition) is 0. The number of hydrogen-bond acceptors (Lipinski definition) is 4. The Hall–Kier alpha value is -2.17. The number of nitrogens with zero attached hydrogens (tertiary/aromatic N) is 3. The Labute approximate surface area is 105 Å². The first-order chi connectivity index (χ1) is 8.67. The number of ketones is 1. The van der Waals surface area contributed by atoms with Crippen LogP contribution in [-0.2, 0) is 6.54 Å². The van der Waals surface area contributed by atoms with E-state index >= 15 is 0 Å². The first kappa shape index (κ1) is 12.3. The zero-order chi connectivity index (χ0) is 13.1. The quantitative estimate of drug-likeness (QED) is 0.771. The van der Waals surface area contributed by atoms with E-state index in [1.165, 1.54) is 6.33 Å². The van der Waals surface area contributed by atoms with Gasteiger partial charge in [-0.2, -0.15) is 5.10 Å². The zero-order valence-electron chi connectivity index (χ0n) is 10.7. The molecule has 0 amide bonds. The Balaban J connectivity index is 2.37. The van der Waals surface area contributed by atoms with Crippen LogP contribution in [-0.4, -0.2) is 27.7 Å². The minimum atomic E-state index is -0.125. The summed E-state index contributed by atoms with van der Waals surface area (Å²) in [6, 6.07) is 5.33. The summed E-state index contributed by atoms with van der Waals surface area (Å²) >= 11 is 0. The minimum absolute atomic E-state index is 0.125. The molecule has 0 bridgehead atoms. The normalized spacial score (nSPS) is 10.4. The number of rotatable bonds is 4. The Morgan fingerprint density at radius 3 is 2.83 bits per heavy atom. The van der Waals surface area contributed by atoms with E-state index < -0.39 is 0 Å². The number of aromatic nitrogens is 3. The molecule has 0 radical (unpaired) electrons. The van der Waals surface area contributed by atoms with Gasteiger partial charge in [-0.15, -0.1) is 0 Å². The van der Waals surface area contributed by atoms with Crippen molar-refractivity contribution in [1.29, 1.82) is 0 Å². The van der Waals surface area contributed by atoms with E-state index in [4.69, 9.17) is 4.74 Å². The first-order valence-electron chi connectivity index (χ1n) is 5.74. The second-order valence-electron chi connectivity index (χ2n) is 3.91. The van der Waals surface area contributed by atoms with Gasteiger partial charge in [-0.3, -0.25) is 4.79 Å². The molecule has 18 heavy (non-hydrogen) atoms. The molecule has 0 aliphatic carbocycles. The van der Waals surface area contributed by atoms with Gasteiger partial charge in [0.25, 0.3) is 0 Å². The second-order valence-corrected chi connectivity index (χ2v) is 3.91. The molecule has 1 aromatic carbocycles. The van der Waals surface area contributed by atoms with Crippen molar-refractivity contribution in [1.82, 2.24) is 14.8 Å². The van der Waals surface area contributed by atoms with Crippen molar-refractivity contribution < 1.29 is 9.53 Å². The topological polar surface area (TPSA) is 57.0 Å². The van der Waals surface area contributed by atoms with Crippen LogP contribution in [0.1, 0.15) is 28.7 Å². The smallest absolute Gasteiger partial charge is 0.229 e. The fraction of sp³-hybridized carbons (Fsp3) is 0.308. The van der Waals surface area contributed by atoms with Crippen LogP contribution in [0.5, 0.6) is 5.75 Å². The molecule has 5 heteroatoms. The lowest BCUT2D eigenvalue weighted by molar-refractivity contribution is 0.102. The van der Waals surface area contributed by atoms with Gasteiger partial charge in [0.05, 0.1) is 7.11 Å². The average Bonchev–Trinajstić information content (AvgIpc) is 2.86. The molecule has 0 fully saturated rings. The molecule has 5 nitrogen and oxygen atoms in total. The van der Waals surface area contributed by atoms with E-state index in [1.54, 1.807) is 30.0 Å². The number of carbonyl (C=O) groups is 1. The van der Waals surface area contributed by atoms with Crippen molar-refractivity contribution in [2.45, 2.75) is 20.4 Å². The maximum Gasteiger partial charge on any atom is 0.229 e. The fourth-order valence-corrected chi connectivity index (χ4v) is 1.82. The molecule has 0 N–H and O–H groups in total. The number of methoxy groups -OCH3 is 1. The molecule has 0 saturated heterocycles. The molecule has 94 valence electrons. The summed E-state index contributed by atoms with van der Waals surface area (Å²) in [4.78, 5) is 16.3. The van der Waals surface area contributed by atoms with Crippen LogP contribution in [0.3, 0.4) is 0 Å². The summed E-state index contributed by atoms with van der Waals surface area (Å²) in [5.74, 6) is 1.01. The molecule has 0 saturated carbocycles. The van der Waals surface area contributed by atoms with Crippen LogP contribution in [0.2, 0.25) is 0 Å². The third-order valence-corrected chi connectivity index (χ3v) is 2.78. The Kier molecular flexibility index (Phi) is 3.41. The van der Waals surface area contributed by atoms with Crippen molar-refractivity contribution in [2.24, 2.45) is 0 Å². The third kappa shape index (κ3) is 2.11. The monoisotopic (exact) mass is 245 g/mol. The average molecular weight is 245 g/mol. The summed E-state index contributed by atoms with van der Waals surface area (Å²) in [5.41, 5.74) is 1.52. The van der Waals surface area contributed by atoms with E-state index in [0.717, 1.165) is 11.3 Å². The highest BCUT2D eigenvalue weighted by Gasteiger charge is 2.16. The second kappa shape index (κ2) is 5.00. The van der Waals surface area contributed by atoms with Gasteiger partial charge in [-0.25, -0.2) is 9.67 Å². The van der Waals surface area contributed by atoms with Crippen LogP contribution >= 0.6 is 0 Å². The lowest BCUT2D eigenvalue weighted by Crippen LogP contribution is -2.12. The summed E-state index contributed by atoms with van der Waals surface area (Å²) in [6.07, 6.45) is 1.40. The van der Waals surface area contributed by atoms with Gasteiger partial charge in [-0.1, -0.05) is 0 Å². The molecular weight excluding hydrogens is 230 g/mol. The number of carbonyl (C=O) groups excluding carboxylic acids is 1. The van der Waals surface area contributed by atoms with Crippen molar-refractivity contribution in [3.05, 3.63) is 41.5 Å². The molecule has 2 rings (SSSR count). The highest BCUT2D eigenvalue weighted by molar-refractivity contribution is 6.06. The highest BCUT2D eigenvalue weighted by atomic mass is 16.5. The number of benzene rings is 1. The molecule has 0 spiro atoms. The Morgan fingerprint density at radius 1 is 1.44 bits per heavy atom. The predicted octanol–water partition coefficient (Wildman–Crippen LogP) is 1.85. The molecular formula is C13H15N3O2. The van der Waals surface area contributed by atoms with Gasteiger partial charge in [0.1, 0.15) is 12.1 Å². The van der Waals surface area contributed by atoms with Crippen LogP contribution < -0.4 is 4.74 Å². The van der Waals surface area contributed by atoms with Gasteiger partial charge in [0.15, 0.2) is 5.82 Å². The third-order valence-electron chi connectivity index (χ3n) is 2.78. The molecule has 0 aliphatic heterocycles. The van der Waals surface area contributed by atoms with Gasteiger partial charge >= 0.3 is 0 Å². The number of aryl methyl sites for hydroxylation is 2. The van der Waals surface area contributed by atoms with Crippen LogP contribution in [0.15, 0.2) is 24.5 Å². The van der Waals surface area contributed by atoms with Crippen molar-refractivity contribution in [2.75, 3.05) is 7.11 Å². The molecule has 0 aliphatic rings. The maximum absolute atomic E-state index is 12.3. The number of ether oxygens (including phenoxy) is 1. The molecule has 0 atom stereocenters. The van der Waals surface area contributed by atoms with E-state index in [9.17, 15) is 4.79 Å². The highest BCUT2D eigenvalue weighted by Crippen LogP contribution is 2.19. The van der Waals surface area contributed by atoms with Crippen LogP contribution in [0, 0.1) is 6.92 Å². The van der Waals surface area contributed by atoms with E-state index in [1.807, 2.05) is 13.8 Å². The molecule has 2 aromatic rings. The van der Waals surface area contributed by atoms with Crippen LogP contribution in [0.25, 0.3) is 0 Å². The largest absolute Gasteiger partial charge is 0.496 e. The zero-order valence-corrected chi connectivity index (χ0v) is 10.7. The summed E-state index contributed by atoms with van der Waals surface area (Å²) in [5, 5.41) is 4.00. The minimum Gasteiger partial charge on any atom is -0.496 e. The predicted molar refractivity (Wildman–Crippen MR) is 66.9 cm³/mol.